The fraction of sp³-hybridized carbons (Fsp3) is 0.0690. The highest BCUT2D eigenvalue weighted by Crippen LogP contribution is 2.30. The number of carbonyl (C=O) groups excluding carboxylic acids is 3. The van der Waals surface area contributed by atoms with Crippen LogP contribution in [0.3, 0.4) is 0 Å². The van der Waals surface area contributed by atoms with Gasteiger partial charge in [-0.15, -0.1) is 0 Å². The van der Waals surface area contributed by atoms with E-state index in [4.69, 9.17) is 16.3 Å². The van der Waals surface area contributed by atoms with Crippen molar-refractivity contribution in [2.75, 3.05) is 4.90 Å². The number of fused-ring (bicyclic) bond motifs is 1. The van der Waals surface area contributed by atoms with E-state index >= 15 is 0 Å². The SMILES string of the molecule is Cc1ccccc1N1C(=O)NC(=O)/C(=C\c2cc(Cl)ccc2OCc2cccc3ccccc23)C1=O. The molecule has 1 N–H and O–H groups in total. The first kappa shape index (κ1) is 23.3. The molecule has 6 nitrogen and oxygen atoms in total. The van der Waals surface area contributed by atoms with E-state index < -0.39 is 17.8 Å². The Labute approximate surface area is 212 Å². The summed E-state index contributed by atoms with van der Waals surface area (Å²) in [7, 11) is 0. The highest BCUT2D eigenvalue weighted by atomic mass is 35.5. The number of carbonyl (C=O) groups is 3. The highest BCUT2D eigenvalue weighted by Gasteiger charge is 2.37. The topological polar surface area (TPSA) is 75.7 Å². The maximum absolute atomic E-state index is 13.3. The Balaban J connectivity index is 1.49. The quantitative estimate of drug-likeness (QED) is 0.270. The first-order chi connectivity index (χ1) is 17.4. The van der Waals surface area contributed by atoms with Gasteiger partial charge in [-0.2, -0.15) is 0 Å². The van der Waals surface area contributed by atoms with Crippen molar-refractivity contribution in [2.24, 2.45) is 0 Å². The van der Waals surface area contributed by atoms with E-state index in [1.807, 2.05) is 42.5 Å². The summed E-state index contributed by atoms with van der Waals surface area (Å²) in [6, 6.07) is 25.1. The van der Waals surface area contributed by atoms with Crippen molar-refractivity contribution in [3.05, 3.63) is 112 Å². The third-order valence-corrected chi connectivity index (χ3v) is 6.23. The number of barbiturate groups is 1. The van der Waals surface area contributed by atoms with Crippen molar-refractivity contribution < 1.29 is 19.1 Å². The number of benzene rings is 4. The molecule has 0 aliphatic carbocycles. The van der Waals surface area contributed by atoms with E-state index in [9.17, 15) is 14.4 Å². The molecule has 1 aliphatic heterocycles. The van der Waals surface area contributed by atoms with Crippen molar-refractivity contribution in [1.29, 1.82) is 0 Å². The monoisotopic (exact) mass is 496 g/mol. The Morgan fingerprint density at radius 2 is 1.67 bits per heavy atom. The summed E-state index contributed by atoms with van der Waals surface area (Å²) in [5, 5.41) is 4.84. The van der Waals surface area contributed by atoms with Crippen LogP contribution in [0.15, 0.2) is 90.5 Å². The lowest BCUT2D eigenvalue weighted by Crippen LogP contribution is -2.54. The van der Waals surface area contributed by atoms with Crippen LogP contribution in [0.5, 0.6) is 5.75 Å². The van der Waals surface area contributed by atoms with E-state index in [2.05, 4.69) is 5.32 Å². The molecular weight excluding hydrogens is 476 g/mol. The predicted molar refractivity (Wildman–Crippen MR) is 140 cm³/mol. The number of ether oxygens (including phenoxy) is 1. The summed E-state index contributed by atoms with van der Waals surface area (Å²) >= 11 is 6.24. The maximum Gasteiger partial charge on any atom is 0.335 e. The summed E-state index contributed by atoms with van der Waals surface area (Å²) in [6.07, 6.45) is 1.40. The van der Waals surface area contributed by atoms with E-state index in [1.165, 1.54) is 6.08 Å². The minimum absolute atomic E-state index is 0.199. The number of aryl methyl sites for hydroxylation is 1. The zero-order chi connectivity index (χ0) is 25.2. The van der Waals surface area contributed by atoms with E-state index in [0.717, 1.165) is 26.8 Å². The maximum atomic E-state index is 13.3. The molecule has 1 fully saturated rings. The summed E-state index contributed by atoms with van der Waals surface area (Å²) in [6.45, 7) is 2.05. The van der Waals surface area contributed by atoms with Gasteiger partial charge in [-0.25, -0.2) is 9.69 Å². The molecule has 0 spiro atoms. The molecule has 0 radical (unpaired) electrons. The lowest BCUT2D eigenvalue weighted by Gasteiger charge is -2.27. The lowest BCUT2D eigenvalue weighted by molar-refractivity contribution is -0.122. The number of imide groups is 2. The second kappa shape index (κ2) is 9.68. The molecule has 0 atom stereocenters. The Kier molecular flexibility index (Phi) is 6.27. The minimum atomic E-state index is -0.796. The number of urea groups is 1. The molecule has 36 heavy (non-hydrogen) atoms. The largest absolute Gasteiger partial charge is 0.488 e. The Hall–Kier alpha value is -4.42. The van der Waals surface area contributed by atoms with Gasteiger partial charge in [0.25, 0.3) is 11.8 Å². The minimum Gasteiger partial charge on any atom is -0.488 e. The van der Waals surface area contributed by atoms with Crippen LogP contribution in [0.4, 0.5) is 10.5 Å². The van der Waals surface area contributed by atoms with Gasteiger partial charge in [-0.05, 0) is 59.2 Å². The van der Waals surface area contributed by atoms with Crippen LogP contribution in [0.2, 0.25) is 5.02 Å². The molecule has 5 rings (SSSR count). The smallest absolute Gasteiger partial charge is 0.335 e. The van der Waals surface area contributed by atoms with Gasteiger partial charge in [0.05, 0.1) is 5.69 Å². The van der Waals surface area contributed by atoms with Gasteiger partial charge in [-0.1, -0.05) is 72.3 Å². The van der Waals surface area contributed by atoms with Gasteiger partial charge in [0.2, 0.25) is 0 Å². The molecule has 7 heteroatoms. The zero-order valence-electron chi connectivity index (χ0n) is 19.3. The van der Waals surface area contributed by atoms with Crippen LogP contribution in [-0.4, -0.2) is 17.8 Å². The number of amides is 4. The second-order valence-electron chi connectivity index (χ2n) is 8.35. The third kappa shape index (κ3) is 4.46. The number of halogens is 1. The molecule has 1 heterocycles. The predicted octanol–water partition coefficient (Wildman–Crippen LogP) is 6.05. The van der Waals surface area contributed by atoms with E-state index in [0.29, 0.717) is 22.0 Å². The third-order valence-electron chi connectivity index (χ3n) is 5.99. The zero-order valence-corrected chi connectivity index (χ0v) is 20.1. The number of hydrogen-bond acceptors (Lipinski definition) is 4. The Morgan fingerprint density at radius 1 is 0.917 bits per heavy atom. The lowest BCUT2D eigenvalue weighted by atomic mass is 10.0. The first-order valence-electron chi connectivity index (χ1n) is 11.3. The highest BCUT2D eigenvalue weighted by molar-refractivity contribution is 6.39. The van der Waals surface area contributed by atoms with Gasteiger partial charge < -0.3 is 4.74 Å². The van der Waals surface area contributed by atoms with E-state index in [1.54, 1.807) is 49.4 Å². The standard InChI is InChI=1S/C29H21ClN2O4/c1-18-7-2-5-12-25(18)32-28(34)24(27(33)31-29(32)35)16-21-15-22(30)13-14-26(21)36-17-20-10-6-9-19-8-3-4-11-23(19)20/h2-16H,17H2,1H3,(H,31,33,35)/b24-16+. The molecule has 4 aromatic carbocycles. The molecule has 1 aliphatic rings. The fourth-order valence-corrected chi connectivity index (χ4v) is 4.36. The number of nitrogens with zero attached hydrogens (tertiary/aromatic N) is 1. The Bertz CT molecular complexity index is 1550. The first-order valence-corrected chi connectivity index (χ1v) is 11.7. The number of rotatable bonds is 5. The van der Waals surface area contributed by atoms with Gasteiger partial charge >= 0.3 is 6.03 Å². The van der Waals surface area contributed by atoms with E-state index in [-0.39, 0.29) is 12.2 Å². The van der Waals surface area contributed by atoms with Crippen molar-refractivity contribution in [1.82, 2.24) is 5.32 Å². The van der Waals surface area contributed by atoms with Crippen molar-refractivity contribution in [3.63, 3.8) is 0 Å². The average Bonchev–Trinajstić information content (AvgIpc) is 2.87. The number of nitrogens with one attached hydrogen (secondary N) is 1. The van der Waals surface area contributed by atoms with Gasteiger partial charge in [0.15, 0.2) is 0 Å². The molecule has 178 valence electrons. The van der Waals surface area contributed by atoms with Crippen LogP contribution in [0, 0.1) is 6.92 Å². The summed E-state index contributed by atoms with van der Waals surface area (Å²) < 4.78 is 6.12. The summed E-state index contributed by atoms with van der Waals surface area (Å²) in [5.74, 6) is -1.06. The van der Waals surface area contributed by atoms with Gasteiger partial charge in [0, 0.05) is 10.6 Å². The van der Waals surface area contributed by atoms with Crippen LogP contribution >= 0.6 is 11.6 Å². The molecule has 0 unspecified atom stereocenters. The molecule has 0 aromatic heterocycles. The Morgan fingerprint density at radius 3 is 2.50 bits per heavy atom. The van der Waals surface area contributed by atoms with Gasteiger partial charge in [-0.3, -0.25) is 14.9 Å². The van der Waals surface area contributed by atoms with Crippen molar-refractivity contribution in [3.8, 4) is 5.75 Å². The van der Waals surface area contributed by atoms with Crippen LogP contribution < -0.4 is 15.0 Å². The van der Waals surface area contributed by atoms with Gasteiger partial charge in [0.1, 0.15) is 17.9 Å². The van der Waals surface area contributed by atoms with Crippen LogP contribution in [-0.2, 0) is 16.2 Å². The number of para-hydroxylation sites is 1. The average molecular weight is 497 g/mol. The molecule has 4 aromatic rings. The second-order valence-corrected chi connectivity index (χ2v) is 8.79. The van der Waals surface area contributed by atoms with Crippen LogP contribution in [0.25, 0.3) is 16.8 Å². The summed E-state index contributed by atoms with van der Waals surface area (Å²) in [5.41, 5.74) is 2.36. The summed E-state index contributed by atoms with van der Waals surface area (Å²) in [4.78, 5) is 39.5. The molecular formula is C29H21ClN2O4. The molecule has 4 amide bonds. The van der Waals surface area contributed by atoms with Crippen LogP contribution in [0.1, 0.15) is 16.7 Å². The molecule has 0 bridgehead atoms. The van der Waals surface area contributed by atoms with Crippen molar-refractivity contribution in [2.45, 2.75) is 13.5 Å². The normalized spacial score (nSPS) is 14.9. The molecule has 1 saturated heterocycles. The van der Waals surface area contributed by atoms with Crippen molar-refractivity contribution >= 4 is 52.0 Å². The molecule has 0 saturated carbocycles. The number of hydrogen-bond donors (Lipinski definition) is 1. The number of anilines is 1. The fourth-order valence-electron chi connectivity index (χ4n) is 4.18.